The molecule has 1 aromatic heterocycles. The van der Waals surface area contributed by atoms with E-state index in [9.17, 15) is 0 Å². The molecule has 0 radical (unpaired) electrons. The van der Waals surface area contributed by atoms with Crippen molar-refractivity contribution < 1.29 is 0 Å². The average molecular weight is 279 g/mol. The molecule has 0 aliphatic heterocycles. The van der Waals surface area contributed by atoms with Crippen LogP contribution in [0.4, 0.5) is 0 Å². The molecule has 0 saturated carbocycles. The SMILES string of the molecule is CNC(C)C/C=C/c1cnc(/C=C/c2ccccc2)nc1. The normalized spacial score (nSPS) is 13.0. The van der Waals surface area contributed by atoms with Gasteiger partial charge in [0.1, 0.15) is 0 Å². The van der Waals surface area contributed by atoms with Crippen molar-refractivity contribution in [2.45, 2.75) is 19.4 Å². The number of benzene rings is 1. The van der Waals surface area contributed by atoms with Gasteiger partial charge in [-0.3, -0.25) is 0 Å². The Kier molecular flexibility index (Phi) is 5.85. The molecule has 1 aromatic carbocycles. The fourth-order valence-corrected chi connectivity index (χ4v) is 1.78. The standard InChI is InChI=1S/C18H21N3/c1-15(19-2)7-6-10-17-13-20-18(21-14-17)12-11-16-8-4-3-5-9-16/h3-6,8-15,19H,7H2,1-2H3/b10-6+,12-11+. The average Bonchev–Trinajstić information content (AvgIpc) is 2.55. The summed E-state index contributed by atoms with van der Waals surface area (Å²) in [6.45, 7) is 2.15. The number of nitrogens with one attached hydrogen (secondary N) is 1. The van der Waals surface area contributed by atoms with E-state index in [-0.39, 0.29) is 0 Å². The Labute approximate surface area is 126 Å². The third-order valence-corrected chi connectivity index (χ3v) is 3.21. The minimum absolute atomic E-state index is 0.482. The van der Waals surface area contributed by atoms with Crippen molar-refractivity contribution in [3.63, 3.8) is 0 Å². The zero-order valence-electron chi connectivity index (χ0n) is 12.5. The molecule has 1 unspecified atom stereocenters. The number of rotatable bonds is 6. The van der Waals surface area contributed by atoms with E-state index in [0.29, 0.717) is 6.04 Å². The highest BCUT2D eigenvalue weighted by Gasteiger charge is 1.94. The third kappa shape index (κ3) is 5.32. The number of hydrogen-bond acceptors (Lipinski definition) is 3. The molecule has 0 bridgehead atoms. The largest absolute Gasteiger partial charge is 0.317 e. The lowest BCUT2D eigenvalue weighted by molar-refractivity contribution is 0.621. The van der Waals surface area contributed by atoms with Crippen molar-refractivity contribution in [3.8, 4) is 0 Å². The molecule has 1 N–H and O–H groups in total. The van der Waals surface area contributed by atoms with E-state index in [4.69, 9.17) is 0 Å². The second-order valence-electron chi connectivity index (χ2n) is 4.95. The van der Waals surface area contributed by atoms with Crippen LogP contribution in [0, 0.1) is 0 Å². The van der Waals surface area contributed by atoms with Gasteiger partial charge in [0.25, 0.3) is 0 Å². The topological polar surface area (TPSA) is 37.8 Å². The molecule has 0 spiro atoms. The van der Waals surface area contributed by atoms with Gasteiger partial charge in [-0.15, -0.1) is 0 Å². The van der Waals surface area contributed by atoms with E-state index in [2.05, 4.69) is 46.5 Å². The van der Waals surface area contributed by atoms with Crippen LogP contribution in [0.1, 0.15) is 30.3 Å². The number of aromatic nitrogens is 2. The summed E-state index contributed by atoms with van der Waals surface area (Å²) in [5.74, 6) is 0.722. The van der Waals surface area contributed by atoms with Crippen molar-refractivity contribution in [1.82, 2.24) is 15.3 Å². The molecule has 3 nitrogen and oxygen atoms in total. The summed E-state index contributed by atoms with van der Waals surface area (Å²) >= 11 is 0. The quantitative estimate of drug-likeness (QED) is 0.877. The van der Waals surface area contributed by atoms with Crippen molar-refractivity contribution >= 4 is 18.2 Å². The highest BCUT2D eigenvalue weighted by molar-refractivity contribution is 5.66. The van der Waals surface area contributed by atoms with E-state index in [1.807, 2.05) is 49.8 Å². The van der Waals surface area contributed by atoms with Gasteiger partial charge in [0, 0.05) is 24.0 Å². The lowest BCUT2D eigenvalue weighted by Crippen LogP contribution is -2.19. The van der Waals surface area contributed by atoms with E-state index >= 15 is 0 Å². The fraction of sp³-hybridized carbons (Fsp3) is 0.222. The van der Waals surface area contributed by atoms with E-state index in [1.54, 1.807) is 0 Å². The maximum Gasteiger partial charge on any atom is 0.151 e. The molecule has 21 heavy (non-hydrogen) atoms. The first-order valence-electron chi connectivity index (χ1n) is 7.17. The first kappa shape index (κ1) is 15.1. The highest BCUT2D eigenvalue weighted by Crippen LogP contribution is 2.06. The summed E-state index contributed by atoms with van der Waals surface area (Å²) in [6, 6.07) is 10.6. The molecule has 2 aromatic rings. The molecular weight excluding hydrogens is 258 g/mol. The van der Waals surface area contributed by atoms with Crippen LogP contribution in [0.2, 0.25) is 0 Å². The molecule has 0 aliphatic rings. The Morgan fingerprint density at radius 3 is 2.38 bits per heavy atom. The molecule has 2 rings (SSSR count). The van der Waals surface area contributed by atoms with E-state index in [1.165, 1.54) is 0 Å². The summed E-state index contributed by atoms with van der Waals surface area (Å²) in [4.78, 5) is 8.69. The van der Waals surface area contributed by atoms with Crippen LogP contribution in [0.3, 0.4) is 0 Å². The van der Waals surface area contributed by atoms with Crippen LogP contribution in [0.25, 0.3) is 18.2 Å². The van der Waals surface area contributed by atoms with E-state index < -0.39 is 0 Å². The zero-order chi connectivity index (χ0) is 14.9. The predicted octanol–water partition coefficient (Wildman–Crippen LogP) is 3.66. The zero-order valence-corrected chi connectivity index (χ0v) is 12.5. The molecule has 1 heterocycles. The Balaban J connectivity index is 1.94. The van der Waals surface area contributed by atoms with Crippen molar-refractivity contribution in [1.29, 1.82) is 0 Å². The van der Waals surface area contributed by atoms with Crippen LogP contribution in [-0.4, -0.2) is 23.1 Å². The second kappa shape index (κ2) is 8.12. The van der Waals surface area contributed by atoms with Gasteiger partial charge in [-0.1, -0.05) is 48.6 Å². The van der Waals surface area contributed by atoms with Crippen molar-refractivity contribution in [2.24, 2.45) is 0 Å². The molecule has 3 heteroatoms. The molecule has 0 amide bonds. The third-order valence-electron chi connectivity index (χ3n) is 3.21. The first-order valence-corrected chi connectivity index (χ1v) is 7.17. The van der Waals surface area contributed by atoms with Gasteiger partial charge in [-0.05, 0) is 32.0 Å². The fourth-order valence-electron chi connectivity index (χ4n) is 1.78. The summed E-state index contributed by atoms with van der Waals surface area (Å²) in [6.07, 6.45) is 12.8. The van der Waals surface area contributed by atoms with Crippen LogP contribution in [-0.2, 0) is 0 Å². The van der Waals surface area contributed by atoms with Gasteiger partial charge in [0.05, 0.1) is 0 Å². The van der Waals surface area contributed by atoms with Gasteiger partial charge >= 0.3 is 0 Å². The monoisotopic (exact) mass is 279 g/mol. The molecule has 108 valence electrons. The molecule has 0 saturated heterocycles. The first-order chi connectivity index (χ1) is 10.3. The maximum atomic E-state index is 4.35. The molecule has 0 fully saturated rings. The molecule has 0 aliphatic carbocycles. The van der Waals surface area contributed by atoms with Crippen LogP contribution < -0.4 is 5.32 Å². The molecular formula is C18H21N3. The van der Waals surface area contributed by atoms with E-state index in [0.717, 1.165) is 23.4 Å². The van der Waals surface area contributed by atoms with Gasteiger partial charge < -0.3 is 5.32 Å². The highest BCUT2D eigenvalue weighted by atomic mass is 14.9. The Morgan fingerprint density at radius 1 is 1.00 bits per heavy atom. The number of hydrogen-bond donors (Lipinski definition) is 1. The Bertz CT molecular complexity index is 586. The van der Waals surface area contributed by atoms with Crippen molar-refractivity contribution in [2.75, 3.05) is 7.05 Å². The minimum Gasteiger partial charge on any atom is -0.317 e. The van der Waals surface area contributed by atoms with Crippen LogP contribution >= 0.6 is 0 Å². The Morgan fingerprint density at radius 2 is 1.71 bits per heavy atom. The summed E-state index contributed by atoms with van der Waals surface area (Å²) < 4.78 is 0. The van der Waals surface area contributed by atoms with Crippen LogP contribution in [0.15, 0.2) is 48.8 Å². The molecule has 1 atom stereocenters. The number of nitrogens with zero attached hydrogens (tertiary/aromatic N) is 2. The lowest BCUT2D eigenvalue weighted by atomic mass is 10.2. The summed E-state index contributed by atoms with van der Waals surface area (Å²) in [7, 11) is 1.97. The summed E-state index contributed by atoms with van der Waals surface area (Å²) in [5, 5.41) is 3.20. The smallest absolute Gasteiger partial charge is 0.151 e. The predicted molar refractivity (Wildman–Crippen MR) is 89.6 cm³/mol. The second-order valence-corrected chi connectivity index (χ2v) is 4.95. The maximum absolute atomic E-state index is 4.35. The van der Waals surface area contributed by atoms with Gasteiger partial charge in [0.15, 0.2) is 5.82 Å². The van der Waals surface area contributed by atoms with Gasteiger partial charge in [-0.25, -0.2) is 9.97 Å². The van der Waals surface area contributed by atoms with Crippen molar-refractivity contribution in [3.05, 3.63) is 65.8 Å². The summed E-state index contributed by atoms with van der Waals surface area (Å²) in [5.41, 5.74) is 2.17. The minimum atomic E-state index is 0.482. The Hall–Kier alpha value is -2.26. The van der Waals surface area contributed by atoms with Crippen LogP contribution in [0.5, 0.6) is 0 Å². The van der Waals surface area contributed by atoms with Gasteiger partial charge in [-0.2, -0.15) is 0 Å². The lowest BCUT2D eigenvalue weighted by Gasteiger charge is -2.04. The van der Waals surface area contributed by atoms with Gasteiger partial charge in [0.2, 0.25) is 0 Å².